The van der Waals surface area contributed by atoms with Crippen LogP contribution < -0.4 is 10.6 Å². The lowest BCUT2D eigenvalue weighted by atomic mass is 9.79. The molecule has 0 heterocycles. The van der Waals surface area contributed by atoms with Crippen molar-refractivity contribution in [2.75, 3.05) is 20.1 Å². The molecule has 0 radical (unpaired) electrons. The lowest BCUT2D eigenvalue weighted by Crippen LogP contribution is -2.56. The Balaban J connectivity index is 2.07. The Labute approximate surface area is 211 Å². The van der Waals surface area contributed by atoms with Crippen LogP contribution in [0.25, 0.3) is 0 Å². The van der Waals surface area contributed by atoms with Crippen molar-refractivity contribution in [1.82, 2.24) is 20.4 Å². The molecule has 1 aromatic rings. The molecule has 1 aliphatic carbocycles. The van der Waals surface area contributed by atoms with E-state index in [0.717, 1.165) is 31.2 Å². The maximum atomic E-state index is 13.3. The van der Waals surface area contributed by atoms with Gasteiger partial charge in [-0.3, -0.25) is 19.3 Å². The van der Waals surface area contributed by atoms with Gasteiger partial charge in [-0.2, -0.15) is 13.2 Å². The van der Waals surface area contributed by atoms with Crippen molar-refractivity contribution in [1.29, 1.82) is 0 Å². The van der Waals surface area contributed by atoms with E-state index < -0.39 is 42.1 Å². The zero-order valence-corrected chi connectivity index (χ0v) is 22.0. The Bertz CT molecular complexity index is 920. The van der Waals surface area contributed by atoms with Gasteiger partial charge in [0.05, 0.1) is 18.0 Å². The molecule has 0 unspecified atom stereocenters. The minimum atomic E-state index is -4.57. The molecule has 0 bridgehead atoms. The lowest BCUT2D eigenvalue weighted by Gasteiger charge is -2.43. The van der Waals surface area contributed by atoms with E-state index in [0.29, 0.717) is 18.9 Å². The van der Waals surface area contributed by atoms with Crippen LogP contribution in [-0.4, -0.2) is 71.8 Å². The molecule has 0 aromatic heterocycles. The molecule has 3 atom stereocenters. The highest BCUT2D eigenvalue weighted by molar-refractivity contribution is 5.96. The first-order chi connectivity index (χ1) is 16.8. The number of nitrogens with zero attached hydrogens (tertiary/aromatic N) is 2. The quantitative estimate of drug-likeness (QED) is 0.529. The number of amides is 3. The van der Waals surface area contributed by atoms with E-state index in [-0.39, 0.29) is 23.6 Å². The van der Waals surface area contributed by atoms with E-state index in [1.807, 2.05) is 13.8 Å². The summed E-state index contributed by atoms with van der Waals surface area (Å²) in [6.07, 6.45) is -2.52. The lowest BCUT2D eigenvalue weighted by molar-refractivity contribution is -0.139. The maximum Gasteiger partial charge on any atom is 0.416 e. The van der Waals surface area contributed by atoms with Crippen LogP contribution in [0.15, 0.2) is 24.3 Å². The van der Waals surface area contributed by atoms with Crippen molar-refractivity contribution < 1.29 is 27.6 Å². The zero-order chi connectivity index (χ0) is 27.2. The number of rotatable bonds is 9. The van der Waals surface area contributed by atoms with Gasteiger partial charge < -0.3 is 15.5 Å². The highest BCUT2D eigenvalue weighted by Crippen LogP contribution is 2.31. The molecule has 2 rings (SSSR count). The monoisotopic (exact) mass is 512 g/mol. The third-order valence-electron chi connectivity index (χ3n) is 6.97. The topological polar surface area (TPSA) is 81.8 Å². The van der Waals surface area contributed by atoms with Crippen molar-refractivity contribution in [3.8, 4) is 0 Å². The number of halogens is 3. The Morgan fingerprint density at radius 1 is 1.08 bits per heavy atom. The summed E-state index contributed by atoms with van der Waals surface area (Å²) in [5.41, 5.74) is -1.12. The molecule has 10 heteroatoms. The zero-order valence-electron chi connectivity index (χ0n) is 22.0. The van der Waals surface area contributed by atoms with Crippen LogP contribution in [0, 0.1) is 5.92 Å². The molecule has 2 N–H and O–H groups in total. The van der Waals surface area contributed by atoms with Crippen LogP contribution in [0.1, 0.15) is 69.8 Å². The second kappa shape index (κ2) is 12.6. The molecular formula is C26H39F3N4O3. The number of carbonyl (C=O) groups excluding carboxylic acids is 3. The molecule has 0 saturated heterocycles. The number of alkyl halides is 3. The van der Waals surface area contributed by atoms with Crippen molar-refractivity contribution in [3.05, 3.63) is 35.4 Å². The van der Waals surface area contributed by atoms with E-state index in [4.69, 9.17) is 0 Å². The first-order valence-electron chi connectivity index (χ1n) is 12.5. The fourth-order valence-corrected chi connectivity index (χ4v) is 4.81. The summed E-state index contributed by atoms with van der Waals surface area (Å²) in [6, 6.07) is 4.20. The van der Waals surface area contributed by atoms with Crippen LogP contribution in [0.5, 0.6) is 0 Å². The number of hydrogen-bond donors (Lipinski definition) is 2. The minimum Gasteiger partial charge on any atom is -0.351 e. The van der Waals surface area contributed by atoms with Crippen molar-refractivity contribution >= 4 is 17.7 Å². The maximum absolute atomic E-state index is 13.3. The summed E-state index contributed by atoms with van der Waals surface area (Å²) in [5, 5.41) is 5.27. The molecule has 202 valence electrons. The molecule has 1 saturated carbocycles. The van der Waals surface area contributed by atoms with Crippen LogP contribution in [0.4, 0.5) is 13.2 Å². The van der Waals surface area contributed by atoms with Gasteiger partial charge in [-0.1, -0.05) is 13.0 Å². The van der Waals surface area contributed by atoms with Gasteiger partial charge in [-0.15, -0.1) is 0 Å². The van der Waals surface area contributed by atoms with Gasteiger partial charge in [0.25, 0.3) is 5.91 Å². The first kappa shape index (κ1) is 29.6. The molecule has 1 aromatic carbocycles. The third kappa shape index (κ3) is 7.69. The summed E-state index contributed by atoms with van der Waals surface area (Å²) in [6.45, 7) is 10.7. The van der Waals surface area contributed by atoms with E-state index in [2.05, 4.69) is 36.3 Å². The van der Waals surface area contributed by atoms with Crippen molar-refractivity contribution in [3.63, 3.8) is 0 Å². The average molecular weight is 513 g/mol. The van der Waals surface area contributed by atoms with Gasteiger partial charge >= 0.3 is 6.18 Å². The Kier molecular flexibility index (Phi) is 10.3. The number of hydrogen-bond acceptors (Lipinski definition) is 4. The number of nitrogens with one attached hydrogen (secondary N) is 2. The normalized spacial score (nSPS) is 20.5. The predicted molar refractivity (Wildman–Crippen MR) is 132 cm³/mol. The van der Waals surface area contributed by atoms with Gasteiger partial charge in [0.15, 0.2) is 0 Å². The fourth-order valence-electron chi connectivity index (χ4n) is 4.81. The highest BCUT2D eigenvalue weighted by atomic mass is 19.4. The smallest absolute Gasteiger partial charge is 0.351 e. The largest absolute Gasteiger partial charge is 0.416 e. The van der Waals surface area contributed by atoms with Crippen molar-refractivity contribution in [2.45, 2.75) is 84.2 Å². The summed E-state index contributed by atoms with van der Waals surface area (Å²) in [4.78, 5) is 42.4. The van der Waals surface area contributed by atoms with E-state index in [1.165, 1.54) is 6.07 Å². The third-order valence-corrected chi connectivity index (χ3v) is 6.97. The van der Waals surface area contributed by atoms with Gasteiger partial charge in [0.1, 0.15) is 0 Å². The van der Waals surface area contributed by atoms with Gasteiger partial charge in [-0.25, -0.2) is 0 Å². The summed E-state index contributed by atoms with van der Waals surface area (Å²) >= 11 is 0. The molecule has 1 fully saturated rings. The minimum absolute atomic E-state index is 0.00774. The van der Waals surface area contributed by atoms with Gasteiger partial charge in [-0.05, 0) is 71.7 Å². The molecule has 7 nitrogen and oxygen atoms in total. The van der Waals surface area contributed by atoms with Crippen LogP contribution in [-0.2, 0) is 15.8 Å². The predicted octanol–water partition coefficient (Wildman–Crippen LogP) is 3.69. The van der Waals surface area contributed by atoms with Crippen LogP contribution >= 0.6 is 0 Å². The summed E-state index contributed by atoms with van der Waals surface area (Å²) in [7, 11) is 1.75. The number of carbonyl (C=O) groups is 3. The second-order valence-corrected chi connectivity index (χ2v) is 9.98. The fraction of sp³-hybridized carbons (Fsp3) is 0.654. The number of benzene rings is 1. The Morgan fingerprint density at radius 2 is 1.75 bits per heavy atom. The molecule has 0 aliphatic heterocycles. The van der Waals surface area contributed by atoms with Gasteiger partial charge in [0, 0.05) is 36.8 Å². The van der Waals surface area contributed by atoms with Crippen molar-refractivity contribution in [2.24, 2.45) is 5.92 Å². The molecule has 0 spiro atoms. The summed E-state index contributed by atoms with van der Waals surface area (Å²) < 4.78 is 38.8. The molecular weight excluding hydrogens is 473 g/mol. The molecule has 1 aliphatic rings. The Morgan fingerprint density at radius 3 is 2.31 bits per heavy atom. The van der Waals surface area contributed by atoms with Gasteiger partial charge in [0.2, 0.25) is 11.8 Å². The second-order valence-electron chi connectivity index (χ2n) is 9.98. The molecule has 36 heavy (non-hydrogen) atoms. The van der Waals surface area contributed by atoms with E-state index in [1.54, 1.807) is 11.9 Å². The molecule has 3 amide bonds. The Hall–Kier alpha value is -2.62. The first-order valence-corrected chi connectivity index (χ1v) is 12.5. The standard InChI is InChI=1S/C26H39F3N4O3/c1-7-33(17(4)5)20-11-12-22(21(14-20)25(36)32(6)16(2)3)31-23(34)15-30-24(35)18-9-8-10-19(13-18)26(27,28)29/h8-10,13,16-17,20-22H,7,11-12,14-15H2,1-6H3,(H,30,35)(H,31,34)/t20-,21-,22+/m1/s1. The van der Waals surface area contributed by atoms with E-state index in [9.17, 15) is 27.6 Å². The SMILES string of the molecule is CCN(C(C)C)[C@@H]1CC[C@H](NC(=O)CNC(=O)c2cccc(C(F)(F)F)c2)[C@H](C(=O)N(C)C(C)C)C1. The average Bonchev–Trinajstić information content (AvgIpc) is 2.82. The van der Waals surface area contributed by atoms with E-state index >= 15 is 0 Å². The highest BCUT2D eigenvalue weighted by Gasteiger charge is 2.40. The van der Waals surface area contributed by atoms with Crippen LogP contribution in [0.2, 0.25) is 0 Å². The summed E-state index contributed by atoms with van der Waals surface area (Å²) in [5.74, 6) is -1.71. The van der Waals surface area contributed by atoms with Crippen LogP contribution in [0.3, 0.4) is 0 Å².